The Morgan fingerprint density at radius 2 is 2.06 bits per heavy atom. The van der Waals surface area contributed by atoms with E-state index < -0.39 is 4.92 Å². The van der Waals surface area contributed by atoms with Crippen LogP contribution in [0.1, 0.15) is 26.3 Å². The minimum Gasteiger partial charge on any atom is -0.362 e. The number of hydrogen-bond donors (Lipinski definition) is 1. The Bertz CT molecular complexity index is 391. The average molecular weight is 223 g/mol. The molecule has 0 saturated carbocycles. The molecule has 0 amide bonds. The summed E-state index contributed by atoms with van der Waals surface area (Å²) in [6, 6.07) is 1.79. The van der Waals surface area contributed by atoms with Crippen LogP contribution in [0.3, 0.4) is 0 Å². The van der Waals surface area contributed by atoms with Crippen LogP contribution >= 0.6 is 0 Å². The topological polar surface area (TPSA) is 68.1 Å². The Hall–Kier alpha value is -1.65. The summed E-state index contributed by atoms with van der Waals surface area (Å²) in [6.45, 7) is 7.81. The normalized spacial score (nSPS) is 12.6. The minimum atomic E-state index is -0.391. The number of anilines is 1. The van der Waals surface area contributed by atoms with Crippen molar-refractivity contribution in [2.45, 2.75) is 33.7 Å². The molecule has 16 heavy (non-hydrogen) atoms. The van der Waals surface area contributed by atoms with E-state index in [4.69, 9.17) is 0 Å². The second-order valence-corrected chi connectivity index (χ2v) is 4.26. The summed E-state index contributed by atoms with van der Waals surface area (Å²) >= 11 is 0. The Balaban J connectivity index is 3.04. The van der Waals surface area contributed by atoms with Gasteiger partial charge >= 0.3 is 5.69 Å². The van der Waals surface area contributed by atoms with Crippen LogP contribution in [-0.2, 0) is 0 Å². The molecular weight excluding hydrogens is 206 g/mol. The van der Waals surface area contributed by atoms with Crippen LogP contribution < -0.4 is 5.32 Å². The van der Waals surface area contributed by atoms with Crippen LogP contribution in [-0.4, -0.2) is 15.9 Å². The smallest absolute Gasteiger partial charge is 0.314 e. The standard InChI is InChI=1S/C11H17N3O2/c1-7(2)9(4)13-11-10(14(15)16)8(3)5-6-12-11/h5-7,9H,1-4H3,(H,12,13). The van der Waals surface area contributed by atoms with Crippen LogP contribution in [0.25, 0.3) is 0 Å². The highest BCUT2D eigenvalue weighted by Gasteiger charge is 2.20. The van der Waals surface area contributed by atoms with Gasteiger partial charge in [-0.3, -0.25) is 10.1 Å². The molecule has 0 radical (unpaired) electrons. The molecule has 5 nitrogen and oxygen atoms in total. The molecule has 5 heteroatoms. The maximum atomic E-state index is 10.9. The van der Waals surface area contributed by atoms with E-state index in [1.807, 2.05) is 6.92 Å². The van der Waals surface area contributed by atoms with E-state index in [0.29, 0.717) is 17.3 Å². The van der Waals surface area contributed by atoms with Gasteiger partial charge in [0, 0.05) is 17.8 Å². The molecule has 0 aliphatic rings. The molecule has 0 aliphatic heterocycles. The lowest BCUT2D eigenvalue weighted by Crippen LogP contribution is -2.22. The van der Waals surface area contributed by atoms with Crippen molar-refractivity contribution in [2.75, 3.05) is 5.32 Å². The van der Waals surface area contributed by atoms with Gasteiger partial charge in [-0.1, -0.05) is 13.8 Å². The van der Waals surface area contributed by atoms with E-state index >= 15 is 0 Å². The molecule has 88 valence electrons. The third-order valence-electron chi connectivity index (χ3n) is 2.67. The van der Waals surface area contributed by atoms with Crippen molar-refractivity contribution >= 4 is 11.5 Å². The highest BCUT2D eigenvalue weighted by molar-refractivity contribution is 5.60. The third kappa shape index (κ3) is 2.68. The van der Waals surface area contributed by atoms with Gasteiger partial charge in [-0.2, -0.15) is 0 Å². The maximum Gasteiger partial charge on any atom is 0.314 e. The Labute approximate surface area is 95.0 Å². The van der Waals surface area contributed by atoms with Crippen molar-refractivity contribution in [1.82, 2.24) is 4.98 Å². The van der Waals surface area contributed by atoms with Crippen LogP contribution in [0.15, 0.2) is 12.3 Å². The fraction of sp³-hybridized carbons (Fsp3) is 0.545. The number of aromatic nitrogens is 1. The zero-order valence-electron chi connectivity index (χ0n) is 10.0. The number of hydrogen-bond acceptors (Lipinski definition) is 4. The molecule has 0 saturated heterocycles. The molecule has 0 bridgehead atoms. The molecule has 1 aromatic heterocycles. The lowest BCUT2D eigenvalue weighted by Gasteiger charge is -2.18. The van der Waals surface area contributed by atoms with Crippen molar-refractivity contribution < 1.29 is 4.92 Å². The number of nitro groups is 1. The van der Waals surface area contributed by atoms with Gasteiger partial charge < -0.3 is 5.32 Å². The van der Waals surface area contributed by atoms with E-state index in [-0.39, 0.29) is 11.7 Å². The lowest BCUT2D eigenvalue weighted by atomic mass is 10.1. The Kier molecular flexibility index (Phi) is 3.82. The molecule has 1 atom stereocenters. The van der Waals surface area contributed by atoms with E-state index in [9.17, 15) is 10.1 Å². The van der Waals surface area contributed by atoms with Gasteiger partial charge in [0.05, 0.1) is 4.92 Å². The van der Waals surface area contributed by atoms with E-state index in [1.165, 1.54) is 0 Å². The van der Waals surface area contributed by atoms with E-state index in [1.54, 1.807) is 19.2 Å². The number of aryl methyl sites for hydroxylation is 1. The first kappa shape index (κ1) is 12.4. The second-order valence-electron chi connectivity index (χ2n) is 4.26. The summed E-state index contributed by atoms with van der Waals surface area (Å²) < 4.78 is 0. The van der Waals surface area contributed by atoms with Crippen molar-refractivity contribution in [1.29, 1.82) is 0 Å². The molecule has 0 fully saturated rings. The Morgan fingerprint density at radius 1 is 1.44 bits per heavy atom. The summed E-state index contributed by atoms with van der Waals surface area (Å²) in [5.41, 5.74) is 0.688. The molecule has 1 aromatic rings. The van der Waals surface area contributed by atoms with Crippen molar-refractivity contribution in [3.63, 3.8) is 0 Å². The van der Waals surface area contributed by atoms with Crippen LogP contribution in [0.5, 0.6) is 0 Å². The van der Waals surface area contributed by atoms with Gasteiger partial charge in [-0.05, 0) is 25.8 Å². The van der Waals surface area contributed by atoms with Crippen molar-refractivity contribution in [3.05, 3.63) is 27.9 Å². The lowest BCUT2D eigenvalue weighted by molar-refractivity contribution is -0.384. The fourth-order valence-corrected chi connectivity index (χ4v) is 1.27. The zero-order valence-corrected chi connectivity index (χ0v) is 10.0. The van der Waals surface area contributed by atoms with E-state index in [2.05, 4.69) is 24.1 Å². The molecular formula is C11H17N3O2. The number of nitrogens with one attached hydrogen (secondary N) is 1. The van der Waals surface area contributed by atoms with Crippen LogP contribution in [0.2, 0.25) is 0 Å². The van der Waals surface area contributed by atoms with Gasteiger partial charge in [0.2, 0.25) is 5.82 Å². The number of nitrogens with zero attached hydrogens (tertiary/aromatic N) is 2. The number of rotatable bonds is 4. The molecule has 0 aliphatic carbocycles. The summed E-state index contributed by atoms with van der Waals surface area (Å²) in [6.07, 6.45) is 1.58. The van der Waals surface area contributed by atoms with Crippen molar-refractivity contribution in [2.24, 2.45) is 5.92 Å². The molecule has 0 spiro atoms. The monoisotopic (exact) mass is 223 g/mol. The molecule has 1 heterocycles. The predicted molar refractivity (Wildman–Crippen MR) is 63.6 cm³/mol. The molecule has 1 N–H and O–H groups in total. The molecule has 0 aromatic carbocycles. The van der Waals surface area contributed by atoms with Gasteiger partial charge in [-0.15, -0.1) is 0 Å². The second kappa shape index (κ2) is 4.92. The first-order chi connectivity index (χ1) is 7.43. The van der Waals surface area contributed by atoms with Crippen LogP contribution in [0.4, 0.5) is 11.5 Å². The quantitative estimate of drug-likeness (QED) is 0.629. The Morgan fingerprint density at radius 3 is 2.56 bits per heavy atom. The summed E-state index contributed by atoms with van der Waals surface area (Å²) in [5, 5.41) is 14.0. The average Bonchev–Trinajstić information content (AvgIpc) is 2.16. The largest absolute Gasteiger partial charge is 0.362 e. The van der Waals surface area contributed by atoms with Gasteiger partial charge in [0.15, 0.2) is 0 Å². The van der Waals surface area contributed by atoms with Gasteiger partial charge in [0.25, 0.3) is 0 Å². The number of pyridine rings is 1. The maximum absolute atomic E-state index is 10.9. The summed E-state index contributed by atoms with van der Waals surface area (Å²) in [4.78, 5) is 14.6. The fourth-order valence-electron chi connectivity index (χ4n) is 1.27. The highest BCUT2D eigenvalue weighted by atomic mass is 16.6. The highest BCUT2D eigenvalue weighted by Crippen LogP contribution is 2.26. The summed E-state index contributed by atoms with van der Waals surface area (Å²) in [7, 11) is 0. The van der Waals surface area contributed by atoms with Gasteiger partial charge in [0.1, 0.15) is 0 Å². The molecule has 1 unspecified atom stereocenters. The predicted octanol–water partition coefficient (Wildman–Crippen LogP) is 2.75. The molecule has 1 rings (SSSR count). The third-order valence-corrected chi connectivity index (χ3v) is 2.67. The first-order valence-electron chi connectivity index (χ1n) is 5.30. The minimum absolute atomic E-state index is 0.0648. The first-order valence-corrected chi connectivity index (χ1v) is 5.30. The van der Waals surface area contributed by atoms with Crippen LogP contribution in [0, 0.1) is 23.0 Å². The van der Waals surface area contributed by atoms with Crippen molar-refractivity contribution in [3.8, 4) is 0 Å². The zero-order chi connectivity index (χ0) is 12.3. The van der Waals surface area contributed by atoms with E-state index in [0.717, 1.165) is 0 Å². The van der Waals surface area contributed by atoms with Gasteiger partial charge in [-0.25, -0.2) is 4.98 Å². The SMILES string of the molecule is Cc1ccnc(NC(C)C(C)C)c1[N+](=O)[O-]. The summed E-state index contributed by atoms with van der Waals surface area (Å²) in [5.74, 6) is 0.744.